The summed E-state index contributed by atoms with van der Waals surface area (Å²) in [5, 5.41) is 25.1. The van der Waals surface area contributed by atoms with Crippen LogP contribution in [0.3, 0.4) is 0 Å². The SMILES string of the molecule is C.CCCCCCCCCCCCCCCC(=O)OC[C@H](COP(=O)([O-])OCCC)OC(=O)CCCCCCCCCCCCCCC.CNC(=O)CNC(=O)c1ccc(-c2c3ccc(=O)cc-3oc3cc(O)ccc23)c(C(=O)O)c1.[Na+]. The second-order valence-electron chi connectivity index (χ2n) is 20.6. The Morgan fingerprint density at radius 3 is 1.66 bits per heavy atom. The van der Waals surface area contributed by atoms with Gasteiger partial charge in [-0.25, -0.2) is 4.79 Å². The summed E-state index contributed by atoms with van der Waals surface area (Å²) in [5.74, 6) is -2.93. The molecule has 0 aromatic heterocycles. The summed E-state index contributed by atoms with van der Waals surface area (Å²) in [4.78, 5) is 84.7. The number of aromatic carboxylic acids is 1. The molecule has 2 amide bonds. The number of esters is 2. The van der Waals surface area contributed by atoms with Crippen molar-refractivity contribution in [2.24, 2.45) is 0 Å². The van der Waals surface area contributed by atoms with Gasteiger partial charge in [0.15, 0.2) is 11.5 Å². The first kappa shape index (κ1) is 75.4. The Balaban J connectivity index is 0.000000840. The first-order valence-corrected chi connectivity index (χ1v) is 31.1. The van der Waals surface area contributed by atoms with Gasteiger partial charge in [-0.15, -0.1) is 0 Å². The van der Waals surface area contributed by atoms with Crippen molar-refractivity contribution in [3.05, 3.63) is 75.9 Å². The van der Waals surface area contributed by atoms with Crippen LogP contribution >= 0.6 is 7.82 Å². The van der Waals surface area contributed by atoms with Gasteiger partial charge in [-0.2, -0.15) is 0 Å². The Bertz CT molecular complexity index is 2540. The largest absolute Gasteiger partial charge is 1.00 e. The maximum Gasteiger partial charge on any atom is 1.00 e. The van der Waals surface area contributed by atoms with E-state index in [1.165, 1.54) is 178 Å². The molecule has 454 valence electrons. The first-order chi connectivity index (χ1) is 38.6. The van der Waals surface area contributed by atoms with E-state index in [0.29, 0.717) is 34.9 Å². The predicted molar refractivity (Wildman–Crippen MR) is 318 cm³/mol. The molecule has 0 radical (unpaired) electrons. The Morgan fingerprint density at radius 2 is 1.15 bits per heavy atom. The zero-order valence-corrected chi connectivity index (χ0v) is 52.2. The number of phenolic OH excluding ortho intramolecular Hbond substituents is 1. The maximum atomic E-state index is 12.5. The Hall–Kier alpha value is -4.61. The first-order valence-electron chi connectivity index (χ1n) is 29.6. The van der Waals surface area contributed by atoms with Crippen LogP contribution in [0, 0.1) is 0 Å². The number of phenols is 1. The number of likely N-dealkylation sites (N-methyl/N-ethyl adjacent to an activating group) is 1. The minimum atomic E-state index is -4.53. The molecule has 1 aliphatic carbocycles. The van der Waals surface area contributed by atoms with Gasteiger partial charge in [-0.05, 0) is 61.2 Å². The molecule has 1 unspecified atom stereocenters. The topological polar surface area (TPSA) is 257 Å². The van der Waals surface area contributed by atoms with Crippen LogP contribution in [0.15, 0.2) is 63.8 Å². The van der Waals surface area contributed by atoms with Gasteiger partial charge in [-0.3, -0.25) is 28.5 Å². The molecule has 19 heteroatoms. The number of phosphoric ester groups is 1. The number of hydrogen-bond donors (Lipinski definition) is 4. The molecule has 17 nitrogen and oxygen atoms in total. The predicted octanol–water partition coefficient (Wildman–Crippen LogP) is 11.4. The van der Waals surface area contributed by atoms with Crippen LogP contribution in [-0.2, 0) is 37.5 Å². The van der Waals surface area contributed by atoms with Crippen LogP contribution in [0.2, 0.25) is 0 Å². The Labute approximate surface area is 510 Å². The van der Waals surface area contributed by atoms with Crippen LogP contribution in [0.4, 0.5) is 0 Å². The van der Waals surface area contributed by atoms with Crippen molar-refractivity contribution in [2.75, 3.05) is 33.4 Å². The van der Waals surface area contributed by atoms with E-state index < -0.39 is 44.3 Å². The molecule has 0 fully saturated rings. The van der Waals surface area contributed by atoms with Crippen LogP contribution in [0.25, 0.3) is 33.4 Å². The molecule has 2 aliphatic rings. The zero-order chi connectivity index (χ0) is 58.4. The zero-order valence-electron chi connectivity index (χ0n) is 49.3. The van der Waals surface area contributed by atoms with Gasteiger partial charge in [0.05, 0.1) is 25.3 Å². The summed E-state index contributed by atoms with van der Waals surface area (Å²) >= 11 is 0. The van der Waals surface area contributed by atoms with Gasteiger partial charge in [-0.1, -0.05) is 188 Å². The van der Waals surface area contributed by atoms with Crippen LogP contribution in [0.5, 0.6) is 5.75 Å². The van der Waals surface area contributed by atoms with Crippen molar-refractivity contribution in [3.8, 4) is 28.2 Å². The number of hydrogen-bond acceptors (Lipinski definition) is 14. The smallest absolute Gasteiger partial charge is 0.756 e. The number of fused-ring (bicyclic) bond motifs is 2. The minimum Gasteiger partial charge on any atom is -0.756 e. The average molecular weight is 1180 g/mol. The number of carbonyl (C=O) groups excluding carboxylic acids is 4. The third kappa shape index (κ3) is 31.3. The van der Waals surface area contributed by atoms with Crippen molar-refractivity contribution in [2.45, 2.75) is 221 Å². The normalized spacial score (nSPS) is 12.0. The number of rotatable bonds is 42. The molecule has 82 heavy (non-hydrogen) atoms. The summed E-state index contributed by atoms with van der Waals surface area (Å²) < 4.78 is 38.3. The standard InChI is InChI=1S/C38H75O8P.C24H18N2O7.CH4.Na/c1-4-7-9-11-13-15-17-19-21-23-25-27-29-31-37(39)43-34-36(35-45-47(41,42)44-33-6-3)46-38(40)32-30-28-26-24-22-20-18-16-14-12-10-8-5-2;1-25-21(29)11-26-23(30)12-2-5-15(18(8-12)24(31)32)22-16-6-3-13(27)9-19(16)33-20-10-14(28)4-7-17(20)22;;/h36H,4-35H2,1-3H3,(H,41,42);2-10,27H,11H2,1H3,(H,25,29)(H,26,30)(H,31,32);1H4;/q;;;+1/p-1/t36-;;;/m1.../s1. The fraction of sp³-hybridized carbons (Fsp3) is 0.619. The van der Waals surface area contributed by atoms with E-state index >= 15 is 0 Å². The number of carbonyl (C=O) groups is 5. The summed E-state index contributed by atoms with van der Waals surface area (Å²) in [6, 6.07) is 12.7. The van der Waals surface area contributed by atoms with Crippen molar-refractivity contribution in [1.82, 2.24) is 10.6 Å². The number of aromatic hydroxyl groups is 1. The Morgan fingerprint density at radius 1 is 0.634 bits per heavy atom. The molecule has 0 bridgehead atoms. The second kappa shape index (κ2) is 44.8. The Kier molecular flexibility index (Phi) is 41.2. The molecule has 4 N–H and O–H groups in total. The third-order valence-electron chi connectivity index (χ3n) is 13.7. The fourth-order valence-corrected chi connectivity index (χ4v) is 10.0. The number of nitrogens with one attached hydrogen (secondary N) is 2. The van der Waals surface area contributed by atoms with Gasteiger partial charge in [0.2, 0.25) is 5.91 Å². The van der Waals surface area contributed by atoms with Gasteiger partial charge in [0.1, 0.15) is 23.7 Å². The summed E-state index contributed by atoms with van der Waals surface area (Å²) in [6.07, 6.45) is 31.8. The number of benzene rings is 3. The van der Waals surface area contributed by atoms with E-state index in [2.05, 4.69) is 24.5 Å². The quantitative estimate of drug-likeness (QED) is 0.0106. The van der Waals surface area contributed by atoms with Gasteiger partial charge in [0.25, 0.3) is 13.7 Å². The van der Waals surface area contributed by atoms with Gasteiger partial charge in [0, 0.05) is 54.1 Å². The van der Waals surface area contributed by atoms with Crippen LogP contribution in [0.1, 0.15) is 235 Å². The molecule has 1 heterocycles. The molecular weight excluding hydrogens is 1080 g/mol. The van der Waals surface area contributed by atoms with Crippen molar-refractivity contribution < 1.29 is 96.1 Å². The van der Waals surface area contributed by atoms with E-state index in [1.54, 1.807) is 19.1 Å². The second-order valence-corrected chi connectivity index (χ2v) is 22.0. The molecule has 4 rings (SSSR count). The number of ether oxygens (including phenoxy) is 2. The van der Waals surface area contributed by atoms with E-state index in [-0.39, 0.29) is 109 Å². The van der Waals surface area contributed by atoms with Crippen LogP contribution in [-0.4, -0.2) is 79.5 Å². The molecule has 2 aromatic rings. The number of phosphoric acid groups is 1. The molecule has 2 aromatic carbocycles. The summed E-state index contributed by atoms with van der Waals surface area (Å²) in [6.45, 7) is 5.36. The van der Waals surface area contributed by atoms with E-state index in [1.807, 2.05) is 0 Å². The molecular formula is C63H96N2NaO15P. The summed E-state index contributed by atoms with van der Waals surface area (Å²) in [7, 11) is -3.10. The van der Waals surface area contributed by atoms with E-state index in [0.717, 1.165) is 32.1 Å². The van der Waals surface area contributed by atoms with Gasteiger partial charge < -0.3 is 48.7 Å². The molecule has 0 saturated carbocycles. The number of unbranched alkanes of at least 4 members (excludes halogenated alkanes) is 24. The van der Waals surface area contributed by atoms with Crippen molar-refractivity contribution >= 4 is 48.5 Å². The van der Waals surface area contributed by atoms with Crippen molar-refractivity contribution in [1.29, 1.82) is 0 Å². The monoisotopic (exact) mass is 1170 g/mol. The van der Waals surface area contributed by atoms with E-state index in [9.17, 15) is 48.4 Å². The molecule has 1 aliphatic heterocycles. The van der Waals surface area contributed by atoms with E-state index in [4.69, 9.17) is 22.9 Å². The molecule has 2 atom stereocenters. The van der Waals surface area contributed by atoms with Gasteiger partial charge >= 0.3 is 47.5 Å². The fourth-order valence-electron chi connectivity index (χ4n) is 9.19. The minimum absolute atomic E-state index is 0. The van der Waals surface area contributed by atoms with Crippen molar-refractivity contribution in [3.63, 3.8) is 0 Å². The third-order valence-corrected chi connectivity index (χ3v) is 14.7. The average Bonchev–Trinajstić information content (AvgIpc) is 3.56. The number of amides is 2. The number of carboxylic acid groups (broad SMARTS) is 1. The maximum absolute atomic E-state index is 12.5. The number of carboxylic acids is 1. The summed E-state index contributed by atoms with van der Waals surface area (Å²) in [5.41, 5.74) is 1.13. The molecule has 0 saturated heterocycles. The van der Waals surface area contributed by atoms with Crippen LogP contribution < -0.4 is 50.5 Å². The molecule has 0 spiro atoms.